The summed E-state index contributed by atoms with van der Waals surface area (Å²) in [5.74, 6) is 1.26. The maximum atomic E-state index is 13.3. The molecule has 1 amide bonds. The van der Waals surface area contributed by atoms with Crippen LogP contribution in [0.3, 0.4) is 0 Å². The van der Waals surface area contributed by atoms with Crippen molar-refractivity contribution in [1.82, 2.24) is 20.0 Å². The number of H-pyrrole nitrogens is 1. The summed E-state index contributed by atoms with van der Waals surface area (Å²) in [6.45, 7) is 6.42. The van der Waals surface area contributed by atoms with Crippen molar-refractivity contribution >= 4 is 17.5 Å². The van der Waals surface area contributed by atoms with Crippen molar-refractivity contribution in [3.63, 3.8) is 0 Å². The topological polar surface area (TPSA) is 52.2 Å². The van der Waals surface area contributed by atoms with Crippen LogP contribution in [0.5, 0.6) is 0 Å². The van der Waals surface area contributed by atoms with Crippen LogP contribution in [0.25, 0.3) is 0 Å². The minimum Gasteiger partial charge on any atom is -0.342 e. The second-order valence-corrected chi connectivity index (χ2v) is 9.42. The van der Waals surface area contributed by atoms with Crippen molar-refractivity contribution < 1.29 is 4.79 Å². The number of aromatic amines is 1. The van der Waals surface area contributed by atoms with Gasteiger partial charge in [0, 0.05) is 26.2 Å². The highest BCUT2D eigenvalue weighted by molar-refractivity contribution is 6.31. The minimum atomic E-state index is -0.164. The molecule has 1 spiro atoms. The van der Waals surface area contributed by atoms with Gasteiger partial charge in [0.15, 0.2) is 0 Å². The summed E-state index contributed by atoms with van der Waals surface area (Å²) >= 11 is 6.34. The van der Waals surface area contributed by atoms with E-state index in [1.54, 1.807) is 0 Å². The summed E-state index contributed by atoms with van der Waals surface area (Å²) in [4.78, 5) is 17.9. The number of hydrogen-bond donors (Lipinski definition) is 1. The fourth-order valence-electron chi connectivity index (χ4n) is 5.43. The van der Waals surface area contributed by atoms with Gasteiger partial charge in [0.25, 0.3) is 0 Å². The molecule has 1 unspecified atom stereocenters. The number of halogens is 1. The molecular formula is C21H33ClN4O. The number of piperidine rings is 1. The number of carbonyl (C=O) groups excluding carboxylic acids is 1. The molecule has 0 radical (unpaired) electrons. The Bertz CT molecular complexity index is 669. The molecule has 27 heavy (non-hydrogen) atoms. The fraction of sp³-hybridized carbons (Fsp3) is 0.810. The summed E-state index contributed by atoms with van der Waals surface area (Å²) in [6, 6.07) is 0. The van der Waals surface area contributed by atoms with E-state index in [1.807, 2.05) is 6.92 Å². The third-order valence-electron chi connectivity index (χ3n) is 7.10. The van der Waals surface area contributed by atoms with Crippen LogP contribution < -0.4 is 0 Å². The van der Waals surface area contributed by atoms with Gasteiger partial charge >= 0.3 is 0 Å². The number of aryl methyl sites for hydroxylation is 1. The van der Waals surface area contributed by atoms with Gasteiger partial charge in [0.05, 0.1) is 21.8 Å². The van der Waals surface area contributed by atoms with Gasteiger partial charge in [-0.15, -0.1) is 0 Å². The SMILES string of the molecule is Cc1[nH]nc(CN2CCC3(CCCN(CCC4CCCCC4)C3=O)C2)c1Cl. The van der Waals surface area contributed by atoms with Crippen LogP contribution in [0.2, 0.25) is 5.02 Å². The molecule has 6 heteroatoms. The lowest BCUT2D eigenvalue weighted by molar-refractivity contribution is -0.145. The van der Waals surface area contributed by atoms with E-state index in [-0.39, 0.29) is 5.41 Å². The number of nitrogens with zero attached hydrogens (tertiary/aromatic N) is 3. The third-order valence-corrected chi connectivity index (χ3v) is 7.61. The highest BCUT2D eigenvalue weighted by atomic mass is 35.5. The molecule has 4 rings (SSSR count). The Kier molecular flexibility index (Phi) is 5.79. The fourth-order valence-corrected chi connectivity index (χ4v) is 5.58. The number of nitrogens with one attached hydrogen (secondary N) is 1. The number of rotatable bonds is 5. The Hall–Kier alpha value is -1.07. The molecule has 2 aliphatic heterocycles. The number of aromatic nitrogens is 2. The molecule has 5 nitrogen and oxygen atoms in total. The van der Waals surface area contributed by atoms with Crippen LogP contribution in [0.1, 0.15) is 69.2 Å². The molecule has 2 saturated heterocycles. The van der Waals surface area contributed by atoms with E-state index >= 15 is 0 Å². The molecule has 1 atom stereocenters. The Morgan fingerprint density at radius 1 is 1.19 bits per heavy atom. The van der Waals surface area contributed by atoms with Crippen molar-refractivity contribution in [2.24, 2.45) is 11.3 Å². The first-order chi connectivity index (χ1) is 13.1. The van der Waals surface area contributed by atoms with E-state index in [4.69, 9.17) is 11.6 Å². The lowest BCUT2D eigenvalue weighted by Gasteiger charge is -2.40. The zero-order valence-electron chi connectivity index (χ0n) is 16.6. The van der Waals surface area contributed by atoms with E-state index in [0.717, 1.165) is 74.3 Å². The first-order valence-corrected chi connectivity index (χ1v) is 11.2. The molecule has 1 aromatic heterocycles. The van der Waals surface area contributed by atoms with Crippen LogP contribution in [0.4, 0.5) is 0 Å². The van der Waals surface area contributed by atoms with Crippen LogP contribution in [-0.2, 0) is 11.3 Å². The van der Waals surface area contributed by atoms with Gasteiger partial charge in [-0.1, -0.05) is 43.7 Å². The van der Waals surface area contributed by atoms with Crippen LogP contribution in [0.15, 0.2) is 0 Å². The predicted molar refractivity (Wildman–Crippen MR) is 108 cm³/mol. The largest absolute Gasteiger partial charge is 0.342 e. The molecule has 0 bridgehead atoms. The van der Waals surface area contributed by atoms with Crippen LogP contribution in [-0.4, -0.2) is 52.1 Å². The summed E-state index contributed by atoms with van der Waals surface area (Å²) in [5.41, 5.74) is 1.66. The first-order valence-electron chi connectivity index (χ1n) is 10.8. The average Bonchev–Trinajstić information content (AvgIpc) is 3.23. The normalized spacial score (nSPS) is 27.8. The van der Waals surface area contributed by atoms with Gasteiger partial charge in [0.1, 0.15) is 0 Å². The second-order valence-electron chi connectivity index (χ2n) is 9.04. The number of likely N-dealkylation sites (tertiary alicyclic amines) is 2. The summed E-state index contributed by atoms with van der Waals surface area (Å²) in [5, 5.41) is 8.03. The highest BCUT2D eigenvalue weighted by Gasteiger charge is 2.48. The van der Waals surface area contributed by atoms with Gasteiger partial charge in [-0.05, 0) is 45.1 Å². The quantitative estimate of drug-likeness (QED) is 0.818. The minimum absolute atomic E-state index is 0.164. The molecule has 3 fully saturated rings. The van der Waals surface area contributed by atoms with Crippen molar-refractivity contribution in [3.05, 3.63) is 16.4 Å². The molecule has 150 valence electrons. The second kappa shape index (κ2) is 8.12. The Labute approximate surface area is 167 Å². The van der Waals surface area contributed by atoms with E-state index < -0.39 is 0 Å². The van der Waals surface area contributed by atoms with Gasteiger partial charge in [-0.3, -0.25) is 14.8 Å². The molecule has 3 aliphatic rings. The average molecular weight is 393 g/mol. The summed E-state index contributed by atoms with van der Waals surface area (Å²) in [6.07, 6.45) is 11.3. The molecule has 1 N–H and O–H groups in total. The van der Waals surface area contributed by atoms with Gasteiger partial charge in [-0.2, -0.15) is 5.10 Å². The number of amides is 1. The lowest BCUT2D eigenvalue weighted by atomic mass is 9.78. The molecule has 0 aromatic carbocycles. The third kappa shape index (κ3) is 4.04. The van der Waals surface area contributed by atoms with Gasteiger partial charge in [-0.25, -0.2) is 0 Å². The van der Waals surface area contributed by atoms with E-state index in [9.17, 15) is 4.79 Å². The maximum Gasteiger partial charge on any atom is 0.230 e. The zero-order chi connectivity index (χ0) is 18.9. The standard InChI is InChI=1S/C21H33ClN4O/c1-16-19(22)18(24-23-16)14-25-13-10-21(15-25)9-5-11-26(20(21)27)12-8-17-6-3-2-4-7-17/h17H,2-15H2,1H3,(H,23,24). The van der Waals surface area contributed by atoms with E-state index in [1.165, 1.54) is 38.5 Å². The summed E-state index contributed by atoms with van der Waals surface area (Å²) < 4.78 is 0. The first kappa shape index (κ1) is 19.3. The predicted octanol–water partition coefficient (Wildman–Crippen LogP) is 4.16. The van der Waals surface area contributed by atoms with Crippen molar-refractivity contribution in [2.75, 3.05) is 26.2 Å². The van der Waals surface area contributed by atoms with Crippen molar-refractivity contribution in [3.8, 4) is 0 Å². The molecule has 1 saturated carbocycles. The van der Waals surface area contributed by atoms with Gasteiger partial charge in [0.2, 0.25) is 5.91 Å². The number of carbonyl (C=O) groups is 1. The van der Waals surface area contributed by atoms with Gasteiger partial charge < -0.3 is 4.90 Å². The molecule has 1 aliphatic carbocycles. The molecule has 3 heterocycles. The summed E-state index contributed by atoms with van der Waals surface area (Å²) in [7, 11) is 0. The van der Waals surface area contributed by atoms with Crippen LogP contribution >= 0.6 is 11.6 Å². The smallest absolute Gasteiger partial charge is 0.230 e. The van der Waals surface area contributed by atoms with E-state index in [0.29, 0.717) is 5.91 Å². The zero-order valence-corrected chi connectivity index (χ0v) is 17.4. The Morgan fingerprint density at radius 3 is 2.74 bits per heavy atom. The molecular weight excluding hydrogens is 360 g/mol. The Morgan fingerprint density at radius 2 is 2.00 bits per heavy atom. The highest BCUT2D eigenvalue weighted by Crippen LogP contribution is 2.41. The lowest BCUT2D eigenvalue weighted by Crippen LogP contribution is -2.50. The van der Waals surface area contributed by atoms with Crippen molar-refractivity contribution in [1.29, 1.82) is 0 Å². The monoisotopic (exact) mass is 392 g/mol. The Balaban J connectivity index is 1.34. The number of hydrogen-bond acceptors (Lipinski definition) is 3. The van der Waals surface area contributed by atoms with Crippen molar-refractivity contribution in [2.45, 2.75) is 71.3 Å². The molecule has 1 aromatic rings. The maximum absolute atomic E-state index is 13.3. The van der Waals surface area contributed by atoms with E-state index in [2.05, 4.69) is 20.0 Å². The van der Waals surface area contributed by atoms with Crippen LogP contribution in [0, 0.1) is 18.3 Å².